The monoisotopic (exact) mass is 215 g/mol. The first kappa shape index (κ1) is 10.4. The normalized spacial score (nSPS) is 25.1. The van der Waals surface area contributed by atoms with Gasteiger partial charge in [-0.25, -0.2) is 0 Å². The third kappa shape index (κ3) is 2.11. The molecular weight excluding hydrogens is 204 g/mol. The summed E-state index contributed by atoms with van der Waals surface area (Å²) in [5.74, 6) is -0.829. The van der Waals surface area contributed by atoms with Gasteiger partial charge in [0.1, 0.15) is 5.75 Å². The first-order valence-electron chi connectivity index (χ1n) is 4.86. The summed E-state index contributed by atoms with van der Waals surface area (Å²) in [6.45, 7) is -4.68. The quantitative estimate of drug-likeness (QED) is 0.702. The summed E-state index contributed by atoms with van der Waals surface area (Å²) < 4.78 is 42.1. The van der Waals surface area contributed by atoms with Crippen LogP contribution in [0, 0.1) is 0 Å². The first-order valence-corrected chi connectivity index (χ1v) is 4.86. The highest BCUT2D eigenvalue weighted by molar-refractivity contribution is 6.61. The first-order chi connectivity index (χ1) is 7.02. The predicted octanol–water partition coefficient (Wildman–Crippen LogP) is 3.40. The van der Waals surface area contributed by atoms with Gasteiger partial charge in [-0.2, -0.15) is 0 Å². The topological polar surface area (TPSA) is 9.23 Å². The van der Waals surface area contributed by atoms with Crippen molar-refractivity contribution < 1.29 is 17.7 Å². The van der Waals surface area contributed by atoms with Crippen molar-refractivity contribution in [1.82, 2.24) is 0 Å². The minimum atomic E-state index is -4.68. The Morgan fingerprint density at radius 3 is 2.60 bits per heavy atom. The molecule has 1 nitrogen and oxygen atoms in total. The molecule has 0 saturated heterocycles. The minimum absolute atomic E-state index is 0.233. The maximum atomic E-state index is 12.4. The molecule has 5 heteroatoms. The summed E-state index contributed by atoms with van der Waals surface area (Å²) in [5.41, 5.74) is 0.735. The van der Waals surface area contributed by atoms with Crippen LogP contribution in [-0.4, -0.2) is 14.1 Å². The molecule has 1 aromatic carbocycles. The summed E-state index contributed by atoms with van der Waals surface area (Å²) >= 11 is 0. The zero-order valence-corrected chi connectivity index (χ0v) is 8.29. The third-order valence-electron chi connectivity index (χ3n) is 2.85. The van der Waals surface area contributed by atoms with E-state index in [9.17, 15) is 12.9 Å². The molecule has 2 atom stereocenters. The smallest absolute Gasteiger partial charge is 0.481 e. The van der Waals surface area contributed by atoms with E-state index in [1.54, 1.807) is 24.3 Å². The van der Waals surface area contributed by atoms with E-state index in [1.807, 2.05) is 0 Å². The molecule has 1 fully saturated rings. The van der Waals surface area contributed by atoms with Gasteiger partial charge in [0.15, 0.2) is 0 Å². The maximum Gasteiger partial charge on any atom is 0.481 e. The van der Waals surface area contributed by atoms with Crippen LogP contribution in [0.15, 0.2) is 24.3 Å². The van der Waals surface area contributed by atoms with Gasteiger partial charge in [-0.3, -0.25) is 0 Å². The van der Waals surface area contributed by atoms with Crippen molar-refractivity contribution in [3.05, 3.63) is 29.8 Å². The van der Waals surface area contributed by atoms with Crippen LogP contribution in [0.4, 0.5) is 12.9 Å². The fourth-order valence-corrected chi connectivity index (χ4v) is 1.89. The molecule has 1 saturated carbocycles. The molecule has 0 bridgehead atoms. The van der Waals surface area contributed by atoms with Gasteiger partial charge < -0.3 is 17.7 Å². The van der Waals surface area contributed by atoms with Gasteiger partial charge in [-0.15, -0.1) is 0 Å². The summed E-state index contributed by atoms with van der Waals surface area (Å²) in [6, 6.07) is 6.88. The molecule has 1 aliphatic carbocycles. The molecule has 0 aliphatic heterocycles. The van der Waals surface area contributed by atoms with Crippen molar-refractivity contribution in [3.8, 4) is 5.75 Å². The molecule has 2 rings (SSSR count). The second kappa shape index (κ2) is 3.47. The van der Waals surface area contributed by atoms with E-state index in [0.717, 1.165) is 5.56 Å². The molecule has 0 heterocycles. The second-order valence-electron chi connectivity index (χ2n) is 3.91. The third-order valence-corrected chi connectivity index (χ3v) is 2.85. The molecule has 0 unspecified atom stereocenters. The minimum Gasteiger partial charge on any atom is -0.497 e. The van der Waals surface area contributed by atoms with Gasteiger partial charge in [0, 0.05) is 0 Å². The summed E-state index contributed by atoms with van der Waals surface area (Å²) in [5, 5.41) is 0. The average Bonchev–Trinajstić information content (AvgIpc) is 2.96. The Morgan fingerprint density at radius 1 is 1.33 bits per heavy atom. The highest BCUT2D eigenvalue weighted by Crippen LogP contribution is 2.59. The molecule has 1 aliphatic rings. The lowest BCUT2D eigenvalue weighted by Crippen LogP contribution is -2.15. The molecule has 0 aromatic heterocycles. The Morgan fingerprint density at radius 2 is 2.07 bits per heavy atom. The fraction of sp³-hybridized carbons (Fsp3) is 0.400. The van der Waals surface area contributed by atoms with Crippen molar-refractivity contribution in [2.75, 3.05) is 7.11 Å². The lowest BCUT2D eigenvalue weighted by atomic mass is 9.81. The van der Waals surface area contributed by atoms with Gasteiger partial charge in [-0.1, -0.05) is 24.4 Å². The number of rotatable bonds is 3. The van der Waals surface area contributed by atoms with Crippen LogP contribution in [0.3, 0.4) is 0 Å². The van der Waals surface area contributed by atoms with E-state index < -0.39 is 12.8 Å². The zero-order chi connectivity index (χ0) is 11.1. The van der Waals surface area contributed by atoms with Gasteiger partial charge in [0.2, 0.25) is 0 Å². The van der Waals surface area contributed by atoms with E-state index in [1.165, 1.54) is 7.11 Å². The fourth-order valence-electron chi connectivity index (χ4n) is 1.89. The summed E-state index contributed by atoms with van der Waals surface area (Å²) in [7, 11) is 1.51. The predicted molar refractivity (Wildman–Crippen MR) is 53.2 cm³/mol. The molecular formula is C10H11BF3O-. The van der Waals surface area contributed by atoms with E-state index in [-0.39, 0.29) is 12.3 Å². The van der Waals surface area contributed by atoms with Crippen LogP contribution in [0.5, 0.6) is 5.75 Å². The van der Waals surface area contributed by atoms with Crippen LogP contribution >= 0.6 is 0 Å². The standard InChI is InChI=1S/C10H11BF3O/c1-15-8-4-2-3-7(5-8)9-6-10(9)11(12,13)14/h2-5,9-10H,6H2,1H3/q-1/t9-,10+/m0/s1. The van der Waals surface area contributed by atoms with Crippen molar-refractivity contribution >= 4 is 6.98 Å². The Labute approximate surface area is 86.3 Å². The van der Waals surface area contributed by atoms with Crippen LogP contribution in [0.25, 0.3) is 0 Å². The van der Waals surface area contributed by atoms with E-state index in [0.29, 0.717) is 5.75 Å². The lowest BCUT2D eigenvalue weighted by Gasteiger charge is -2.13. The van der Waals surface area contributed by atoms with Crippen LogP contribution in [-0.2, 0) is 0 Å². The molecule has 0 radical (unpaired) electrons. The van der Waals surface area contributed by atoms with Crippen LogP contribution in [0.1, 0.15) is 17.9 Å². The Hall–Kier alpha value is -1.13. The van der Waals surface area contributed by atoms with E-state index in [2.05, 4.69) is 0 Å². The van der Waals surface area contributed by atoms with Gasteiger partial charge in [-0.05, 0) is 23.6 Å². The zero-order valence-electron chi connectivity index (χ0n) is 8.29. The van der Waals surface area contributed by atoms with E-state index >= 15 is 0 Å². The average molecular weight is 215 g/mol. The Kier molecular flexibility index (Phi) is 2.40. The summed E-state index contributed by atoms with van der Waals surface area (Å²) in [4.78, 5) is 0. The number of ether oxygens (including phenoxy) is 1. The molecule has 0 N–H and O–H groups in total. The van der Waals surface area contributed by atoms with Gasteiger partial charge in [0.25, 0.3) is 0 Å². The van der Waals surface area contributed by atoms with Crippen molar-refractivity contribution in [1.29, 1.82) is 0 Å². The van der Waals surface area contributed by atoms with Gasteiger partial charge in [0.05, 0.1) is 7.11 Å². The molecule has 0 spiro atoms. The highest BCUT2D eigenvalue weighted by Gasteiger charge is 2.51. The second-order valence-corrected chi connectivity index (χ2v) is 3.91. The molecule has 0 amide bonds. The van der Waals surface area contributed by atoms with Crippen LogP contribution < -0.4 is 4.74 Å². The largest absolute Gasteiger partial charge is 0.497 e. The van der Waals surface area contributed by atoms with Crippen molar-refractivity contribution in [2.24, 2.45) is 0 Å². The maximum absolute atomic E-state index is 12.4. The molecule has 15 heavy (non-hydrogen) atoms. The van der Waals surface area contributed by atoms with Crippen molar-refractivity contribution in [2.45, 2.75) is 18.2 Å². The number of hydrogen-bond acceptors (Lipinski definition) is 1. The Bertz CT molecular complexity index is 364. The molecule has 1 aromatic rings. The SMILES string of the molecule is COc1cccc([C@@H]2C[C@H]2[B-](F)(F)F)c1. The molecule has 82 valence electrons. The highest BCUT2D eigenvalue weighted by atomic mass is 19.4. The van der Waals surface area contributed by atoms with Gasteiger partial charge >= 0.3 is 6.98 Å². The number of benzene rings is 1. The van der Waals surface area contributed by atoms with Crippen LogP contribution in [0.2, 0.25) is 5.82 Å². The number of halogens is 3. The Balaban J connectivity index is 2.13. The van der Waals surface area contributed by atoms with E-state index in [4.69, 9.17) is 4.74 Å². The lowest BCUT2D eigenvalue weighted by molar-refractivity contribution is 0.414. The van der Waals surface area contributed by atoms with Crippen molar-refractivity contribution in [3.63, 3.8) is 0 Å². The number of hydrogen-bond donors (Lipinski definition) is 0. The number of methoxy groups -OCH3 is 1. The summed E-state index contributed by atoms with van der Waals surface area (Å²) in [6.07, 6.45) is 0.233.